The van der Waals surface area contributed by atoms with Gasteiger partial charge in [-0.2, -0.15) is 5.10 Å². The van der Waals surface area contributed by atoms with Crippen molar-refractivity contribution in [2.24, 2.45) is 5.92 Å². The van der Waals surface area contributed by atoms with E-state index >= 15 is 0 Å². The summed E-state index contributed by atoms with van der Waals surface area (Å²) in [5.41, 5.74) is 0.360. The minimum absolute atomic E-state index is 0.198. The largest absolute Gasteiger partial charge is 0.350 e. The van der Waals surface area contributed by atoms with E-state index in [0.717, 1.165) is 24.8 Å². The summed E-state index contributed by atoms with van der Waals surface area (Å²) in [5.74, 6) is 1.07. The SMILES string of the molecule is O=C(NCCSc1ncn[nH]1)c1cn(C[C@H]2CCCNC2)nn1. The van der Waals surface area contributed by atoms with Gasteiger partial charge in [-0.15, -0.1) is 5.10 Å². The lowest BCUT2D eigenvalue weighted by Crippen LogP contribution is -2.32. The molecule has 0 saturated carbocycles. The first kappa shape index (κ1) is 15.9. The molecule has 2 aromatic rings. The number of thioether (sulfide) groups is 1. The molecule has 0 unspecified atom stereocenters. The molecule has 0 spiro atoms. The molecule has 2 aromatic heterocycles. The molecular weight excluding hydrogens is 316 g/mol. The predicted octanol–water partition coefficient (Wildman–Crippen LogP) is -0.0821. The van der Waals surface area contributed by atoms with Crippen molar-refractivity contribution in [3.05, 3.63) is 18.2 Å². The van der Waals surface area contributed by atoms with Crippen LogP contribution in [0.5, 0.6) is 0 Å². The lowest BCUT2D eigenvalue weighted by molar-refractivity contribution is 0.0951. The maximum Gasteiger partial charge on any atom is 0.273 e. The fourth-order valence-electron chi connectivity index (χ4n) is 2.50. The highest BCUT2D eigenvalue weighted by Gasteiger charge is 2.16. The number of rotatable bonds is 7. The number of piperidine rings is 1. The van der Waals surface area contributed by atoms with Crippen molar-refractivity contribution < 1.29 is 4.79 Å². The summed E-state index contributed by atoms with van der Waals surface area (Å²) >= 11 is 1.50. The Morgan fingerprint density at radius 3 is 3.26 bits per heavy atom. The average Bonchev–Trinajstić information content (AvgIpc) is 3.24. The Morgan fingerprint density at radius 1 is 1.52 bits per heavy atom. The van der Waals surface area contributed by atoms with E-state index in [4.69, 9.17) is 0 Å². The summed E-state index contributed by atoms with van der Waals surface area (Å²) in [7, 11) is 0. The van der Waals surface area contributed by atoms with Gasteiger partial charge >= 0.3 is 0 Å². The zero-order chi connectivity index (χ0) is 15.9. The van der Waals surface area contributed by atoms with Crippen LogP contribution >= 0.6 is 11.8 Å². The molecule has 1 saturated heterocycles. The molecule has 9 nitrogen and oxygen atoms in total. The van der Waals surface area contributed by atoms with Crippen LogP contribution in [0, 0.1) is 5.92 Å². The number of amides is 1. The van der Waals surface area contributed by atoms with Crippen LogP contribution < -0.4 is 10.6 Å². The average molecular weight is 336 g/mol. The van der Waals surface area contributed by atoms with Gasteiger partial charge in [-0.1, -0.05) is 17.0 Å². The molecule has 23 heavy (non-hydrogen) atoms. The quantitative estimate of drug-likeness (QED) is 0.478. The van der Waals surface area contributed by atoms with E-state index < -0.39 is 0 Å². The molecule has 0 bridgehead atoms. The Hall–Kier alpha value is -1.94. The van der Waals surface area contributed by atoms with Crippen LogP contribution in [-0.4, -0.2) is 61.5 Å². The van der Waals surface area contributed by atoms with E-state index in [1.165, 1.54) is 30.9 Å². The predicted molar refractivity (Wildman–Crippen MR) is 85.1 cm³/mol. The standard InChI is InChI=1S/C13H20N8OS/c22-12(15-4-5-23-13-16-9-17-19-13)11-8-21(20-18-11)7-10-2-1-3-14-6-10/h8-10,14H,1-7H2,(H,15,22)(H,16,17,19)/t10-/m0/s1. The number of aromatic nitrogens is 6. The molecule has 1 fully saturated rings. The van der Waals surface area contributed by atoms with Crippen molar-refractivity contribution in [3.63, 3.8) is 0 Å². The van der Waals surface area contributed by atoms with Gasteiger partial charge in [-0.3, -0.25) is 14.6 Å². The summed E-state index contributed by atoms with van der Waals surface area (Å²) < 4.78 is 1.76. The third-order valence-corrected chi connectivity index (χ3v) is 4.51. The van der Waals surface area contributed by atoms with Crippen molar-refractivity contribution in [3.8, 4) is 0 Å². The number of nitrogens with one attached hydrogen (secondary N) is 3. The zero-order valence-electron chi connectivity index (χ0n) is 12.7. The first-order valence-corrected chi connectivity index (χ1v) is 8.67. The van der Waals surface area contributed by atoms with E-state index in [2.05, 4.69) is 36.1 Å². The Balaban J connectivity index is 1.40. The first-order chi connectivity index (χ1) is 11.3. The van der Waals surface area contributed by atoms with Gasteiger partial charge in [-0.05, 0) is 31.8 Å². The third kappa shape index (κ3) is 4.76. The van der Waals surface area contributed by atoms with Crippen LogP contribution in [0.4, 0.5) is 0 Å². The van der Waals surface area contributed by atoms with E-state index in [9.17, 15) is 4.79 Å². The van der Waals surface area contributed by atoms with Crippen LogP contribution in [-0.2, 0) is 6.54 Å². The molecular formula is C13H20N8OS. The minimum atomic E-state index is -0.198. The number of carbonyl (C=O) groups is 1. The second kappa shape index (κ2) is 8.06. The Kier molecular flexibility index (Phi) is 5.59. The van der Waals surface area contributed by atoms with Gasteiger partial charge < -0.3 is 10.6 Å². The number of hydrogen-bond donors (Lipinski definition) is 3. The summed E-state index contributed by atoms with van der Waals surface area (Å²) in [5, 5.41) is 21.5. The van der Waals surface area contributed by atoms with E-state index in [0.29, 0.717) is 23.9 Å². The van der Waals surface area contributed by atoms with Gasteiger partial charge in [0.2, 0.25) is 0 Å². The normalized spacial score (nSPS) is 18.0. The van der Waals surface area contributed by atoms with Crippen molar-refractivity contribution in [1.29, 1.82) is 0 Å². The summed E-state index contributed by atoms with van der Waals surface area (Å²) in [6.07, 6.45) is 5.55. The fourth-order valence-corrected chi connectivity index (χ4v) is 3.14. The Bertz CT molecular complexity index is 607. The highest BCUT2D eigenvalue weighted by Crippen LogP contribution is 2.12. The topological polar surface area (TPSA) is 113 Å². The fraction of sp³-hybridized carbons (Fsp3) is 0.615. The Labute approximate surface area is 138 Å². The van der Waals surface area contributed by atoms with Crippen LogP contribution in [0.3, 0.4) is 0 Å². The zero-order valence-corrected chi connectivity index (χ0v) is 13.6. The smallest absolute Gasteiger partial charge is 0.273 e. The molecule has 3 rings (SSSR count). The van der Waals surface area contributed by atoms with Crippen molar-refractivity contribution >= 4 is 17.7 Å². The lowest BCUT2D eigenvalue weighted by Gasteiger charge is -2.22. The van der Waals surface area contributed by atoms with E-state index in [1.807, 2.05) is 0 Å². The molecule has 1 aliphatic rings. The number of carbonyl (C=O) groups excluding carboxylic acids is 1. The lowest BCUT2D eigenvalue weighted by atomic mass is 10.00. The number of hydrogen-bond acceptors (Lipinski definition) is 7. The summed E-state index contributed by atoms with van der Waals surface area (Å²) in [6, 6.07) is 0. The van der Waals surface area contributed by atoms with Crippen LogP contribution in [0.1, 0.15) is 23.3 Å². The molecule has 10 heteroatoms. The molecule has 3 N–H and O–H groups in total. The number of H-pyrrole nitrogens is 1. The van der Waals surface area contributed by atoms with Crippen LogP contribution in [0.15, 0.2) is 17.7 Å². The van der Waals surface area contributed by atoms with E-state index in [1.54, 1.807) is 10.9 Å². The van der Waals surface area contributed by atoms with Crippen molar-refractivity contribution in [2.75, 3.05) is 25.4 Å². The molecule has 0 aliphatic carbocycles. The highest BCUT2D eigenvalue weighted by atomic mass is 32.2. The maximum atomic E-state index is 12.0. The highest BCUT2D eigenvalue weighted by molar-refractivity contribution is 7.99. The van der Waals surface area contributed by atoms with Gasteiger partial charge in [0.15, 0.2) is 10.9 Å². The molecule has 0 aromatic carbocycles. The molecule has 3 heterocycles. The second-order valence-electron chi connectivity index (χ2n) is 5.43. The van der Waals surface area contributed by atoms with Crippen molar-refractivity contribution in [2.45, 2.75) is 24.5 Å². The van der Waals surface area contributed by atoms with Gasteiger partial charge in [0, 0.05) is 18.8 Å². The monoisotopic (exact) mass is 336 g/mol. The molecule has 1 aliphatic heterocycles. The second-order valence-corrected chi connectivity index (χ2v) is 6.52. The molecule has 1 atom stereocenters. The van der Waals surface area contributed by atoms with Crippen molar-refractivity contribution in [1.82, 2.24) is 40.8 Å². The minimum Gasteiger partial charge on any atom is -0.350 e. The van der Waals surface area contributed by atoms with Crippen LogP contribution in [0.25, 0.3) is 0 Å². The van der Waals surface area contributed by atoms with Crippen LogP contribution in [0.2, 0.25) is 0 Å². The van der Waals surface area contributed by atoms with E-state index in [-0.39, 0.29) is 5.91 Å². The van der Waals surface area contributed by atoms with Gasteiger partial charge in [-0.25, -0.2) is 4.98 Å². The summed E-state index contributed by atoms with van der Waals surface area (Å²) in [4.78, 5) is 16.0. The van der Waals surface area contributed by atoms with Gasteiger partial charge in [0.1, 0.15) is 6.33 Å². The first-order valence-electron chi connectivity index (χ1n) is 7.68. The number of nitrogens with zero attached hydrogens (tertiary/aromatic N) is 5. The molecule has 124 valence electrons. The third-order valence-electron chi connectivity index (χ3n) is 3.63. The molecule has 0 radical (unpaired) electrons. The molecule has 1 amide bonds. The number of aromatic amines is 1. The van der Waals surface area contributed by atoms with Gasteiger partial charge in [0.05, 0.1) is 6.20 Å². The van der Waals surface area contributed by atoms with Gasteiger partial charge in [0.25, 0.3) is 5.91 Å². The Morgan fingerprint density at radius 2 is 2.48 bits per heavy atom. The maximum absolute atomic E-state index is 12.0. The summed E-state index contributed by atoms with van der Waals surface area (Å²) in [6.45, 7) is 3.42.